The van der Waals surface area contributed by atoms with E-state index in [0.29, 0.717) is 17.3 Å². The molecule has 0 radical (unpaired) electrons. The largest absolute Gasteiger partial charge is 0.343 e. The van der Waals surface area contributed by atoms with Gasteiger partial charge in [0.15, 0.2) is 0 Å². The lowest BCUT2D eigenvalue weighted by Gasteiger charge is -2.16. The van der Waals surface area contributed by atoms with Crippen molar-refractivity contribution in [2.24, 2.45) is 5.92 Å². The Hall–Kier alpha value is -2.21. The smallest absolute Gasteiger partial charge is 0.272 e. The highest BCUT2D eigenvalue weighted by Gasteiger charge is 2.21. The fourth-order valence-corrected chi connectivity index (χ4v) is 3.97. The molecular formula is C18H21N3O2S. The topological polar surface area (TPSA) is 62.3 Å². The molecule has 0 aliphatic heterocycles. The van der Waals surface area contributed by atoms with E-state index in [4.69, 9.17) is 0 Å². The standard InChI is InChI=1S/C18H21N3O2S/c1-11-4-5-15-12(8-11)9-16(24-15)17(22)20-13-6-7-19-14(10-13)18(23)21(2)3/h6-7,9-11H,4-5,8H2,1-3H3,(H,19,20,22). The van der Waals surface area contributed by atoms with Gasteiger partial charge < -0.3 is 10.2 Å². The van der Waals surface area contributed by atoms with Crippen LogP contribution < -0.4 is 5.32 Å². The van der Waals surface area contributed by atoms with Crippen LogP contribution >= 0.6 is 11.3 Å². The first-order valence-electron chi connectivity index (χ1n) is 8.04. The van der Waals surface area contributed by atoms with Gasteiger partial charge >= 0.3 is 0 Å². The number of carbonyl (C=O) groups excluding carboxylic acids is 2. The summed E-state index contributed by atoms with van der Waals surface area (Å²) in [6, 6.07) is 5.31. The molecule has 1 N–H and O–H groups in total. The second kappa shape index (κ2) is 6.73. The fourth-order valence-electron chi connectivity index (χ4n) is 2.86. The Morgan fingerprint density at radius 3 is 2.88 bits per heavy atom. The maximum Gasteiger partial charge on any atom is 0.272 e. The van der Waals surface area contributed by atoms with Gasteiger partial charge in [-0.05, 0) is 48.9 Å². The Kier molecular flexibility index (Phi) is 4.66. The number of fused-ring (bicyclic) bond motifs is 1. The van der Waals surface area contributed by atoms with E-state index in [-0.39, 0.29) is 11.8 Å². The minimum Gasteiger partial charge on any atom is -0.343 e. The van der Waals surface area contributed by atoms with E-state index < -0.39 is 0 Å². The van der Waals surface area contributed by atoms with Gasteiger partial charge in [-0.3, -0.25) is 14.6 Å². The maximum atomic E-state index is 12.5. The number of aryl methyl sites for hydroxylation is 1. The second-order valence-corrected chi connectivity index (χ2v) is 7.63. The zero-order valence-electron chi connectivity index (χ0n) is 14.1. The molecule has 2 heterocycles. The molecule has 2 amide bonds. The summed E-state index contributed by atoms with van der Waals surface area (Å²) in [5, 5.41) is 2.87. The van der Waals surface area contributed by atoms with Crippen molar-refractivity contribution in [3.8, 4) is 0 Å². The third-order valence-electron chi connectivity index (χ3n) is 4.20. The van der Waals surface area contributed by atoms with Crippen molar-refractivity contribution < 1.29 is 9.59 Å². The summed E-state index contributed by atoms with van der Waals surface area (Å²) in [5.74, 6) is 0.367. The molecule has 0 spiro atoms. The highest BCUT2D eigenvalue weighted by atomic mass is 32.1. The number of rotatable bonds is 3. The van der Waals surface area contributed by atoms with Gasteiger partial charge in [-0.2, -0.15) is 0 Å². The SMILES string of the molecule is CC1CCc2sc(C(=O)Nc3ccnc(C(=O)N(C)C)c3)cc2C1. The van der Waals surface area contributed by atoms with Crippen LogP contribution in [0.25, 0.3) is 0 Å². The number of anilines is 1. The van der Waals surface area contributed by atoms with E-state index in [1.165, 1.54) is 28.0 Å². The number of aromatic nitrogens is 1. The summed E-state index contributed by atoms with van der Waals surface area (Å²) in [4.78, 5) is 32.1. The van der Waals surface area contributed by atoms with Crippen LogP contribution in [0.4, 0.5) is 5.69 Å². The first kappa shape index (κ1) is 16.6. The molecule has 0 saturated carbocycles. The number of amides is 2. The number of hydrogen-bond donors (Lipinski definition) is 1. The van der Waals surface area contributed by atoms with Crippen LogP contribution in [0.1, 0.15) is 43.9 Å². The van der Waals surface area contributed by atoms with Crippen molar-refractivity contribution in [3.05, 3.63) is 45.4 Å². The van der Waals surface area contributed by atoms with Gasteiger partial charge in [-0.1, -0.05) is 6.92 Å². The van der Waals surface area contributed by atoms with Crippen molar-refractivity contribution in [1.82, 2.24) is 9.88 Å². The molecule has 6 heteroatoms. The van der Waals surface area contributed by atoms with Crippen molar-refractivity contribution in [1.29, 1.82) is 0 Å². The molecule has 1 aliphatic rings. The summed E-state index contributed by atoms with van der Waals surface area (Å²) in [7, 11) is 3.35. The lowest BCUT2D eigenvalue weighted by Crippen LogP contribution is -2.23. The zero-order valence-corrected chi connectivity index (χ0v) is 14.9. The molecule has 0 saturated heterocycles. The summed E-state index contributed by atoms with van der Waals surface area (Å²) in [6.07, 6.45) is 4.84. The quantitative estimate of drug-likeness (QED) is 0.931. The second-order valence-electron chi connectivity index (χ2n) is 6.49. The van der Waals surface area contributed by atoms with Gasteiger partial charge in [0.2, 0.25) is 0 Å². The molecule has 1 aliphatic carbocycles. The molecule has 1 unspecified atom stereocenters. The highest BCUT2D eigenvalue weighted by molar-refractivity contribution is 7.14. The average molecular weight is 343 g/mol. The van der Waals surface area contributed by atoms with Crippen LogP contribution in [0.2, 0.25) is 0 Å². The molecular weight excluding hydrogens is 322 g/mol. The zero-order chi connectivity index (χ0) is 17.3. The van der Waals surface area contributed by atoms with Gasteiger partial charge in [-0.25, -0.2) is 0 Å². The monoisotopic (exact) mass is 343 g/mol. The molecule has 2 aromatic heterocycles. The Bertz CT molecular complexity index is 782. The molecule has 0 fully saturated rings. The summed E-state index contributed by atoms with van der Waals surface area (Å²) in [6.45, 7) is 2.25. The van der Waals surface area contributed by atoms with Crippen LogP contribution in [0.15, 0.2) is 24.4 Å². The van der Waals surface area contributed by atoms with Gasteiger partial charge in [0.05, 0.1) is 4.88 Å². The lowest BCUT2D eigenvalue weighted by atomic mass is 9.90. The third-order valence-corrected chi connectivity index (χ3v) is 5.43. The number of carbonyl (C=O) groups is 2. The Morgan fingerprint density at radius 2 is 2.12 bits per heavy atom. The predicted molar refractivity (Wildman–Crippen MR) is 95.7 cm³/mol. The average Bonchev–Trinajstić information content (AvgIpc) is 2.97. The van der Waals surface area contributed by atoms with E-state index in [9.17, 15) is 9.59 Å². The number of thiophene rings is 1. The third kappa shape index (κ3) is 3.48. The summed E-state index contributed by atoms with van der Waals surface area (Å²) >= 11 is 1.58. The van der Waals surface area contributed by atoms with E-state index in [2.05, 4.69) is 17.2 Å². The number of nitrogens with one attached hydrogen (secondary N) is 1. The van der Waals surface area contributed by atoms with Crippen LogP contribution in [0.5, 0.6) is 0 Å². The lowest BCUT2D eigenvalue weighted by molar-refractivity contribution is 0.0821. The fraction of sp³-hybridized carbons (Fsp3) is 0.389. The van der Waals surface area contributed by atoms with Gasteiger partial charge in [-0.15, -0.1) is 11.3 Å². The van der Waals surface area contributed by atoms with Crippen LogP contribution in [0.3, 0.4) is 0 Å². The highest BCUT2D eigenvalue weighted by Crippen LogP contribution is 2.32. The molecule has 1 atom stereocenters. The van der Waals surface area contributed by atoms with E-state index in [1.54, 1.807) is 37.6 Å². The normalized spacial score (nSPS) is 16.4. The maximum absolute atomic E-state index is 12.5. The van der Waals surface area contributed by atoms with Crippen LogP contribution in [-0.2, 0) is 12.8 Å². The number of pyridine rings is 1. The Balaban J connectivity index is 1.76. The number of nitrogens with zero attached hydrogens (tertiary/aromatic N) is 2. The first-order chi connectivity index (χ1) is 11.4. The van der Waals surface area contributed by atoms with Crippen molar-refractivity contribution in [2.45, 2.75) is 26.2 Å². The molecule has 126 valence electrons. The van der Waals surface area contributed by atoms with E-state index in [0.717, 1.165) is 17.7 Å². The first-order valence-corrected chi connectivity index (χ1v) is 8.86. The minimum absolute atomic E-state index is 0.128. The molecule has 0 bridgehead atoms. The van der Waals surface area contributed by atoms with Crippen molar-refractivity contribution in [3.63, 3.8) is 0 Å². The predicted octanol–water partition coefficient (Wildman–Crippen LogP) is 3.22. The molecule has 24 heavy (non-hydrogen) atoms. The van der Waals surface area contributed by atoms with Crippen molar-refractivity contribution in [2.75, 3.05) is 19.4 Å². The minimum atomic E-state index is -0.188. The van der Waals surface area contributed by atoms with E-state index >= 15 is 0 Å². The Morgan fingerprint density at radius 1 is 1.33 bits per heavy atom. The van der Waals surface area contributed by atoms with Gasteiger partial charge in [0, 0.05) is 30.9 Å². The van der Waals surface area contributed by atoms with Crippen LogP contribution in [0, 0.1) is 5.92 Å². The molecule has 0 aromatic carbocycles. The van der Waals surface area contributed by atoms with Gasteiger partial charge in [0.1, 0.15) is 5.69 Å². The van der Waals surface area contributed by atoms with Crippen LogP contribution in [-0.4, -0.2) is 35.8 Å². The van der Waals surface area contributed by atoms with Gasteiger partial charge in [0.25, 0.3) is 11.8 Å². The van der Waals surface area contributed by atoms with Crippen molar-refractivity contribution >= 4 is 28.8 Å². The van der Waals surface area contributed by atoms with E-state index in [1.807, 2.05) is 6.07 Å². The summed E-state index contributed by atoms with van der Waals surface area (Å²) < 4.78 is 0. The molecule has 5 nitrogen and oxygen atoms in total. The molecule has 3 rings (SSSR count). The number of hydrogen-bond acceptors (Lipinski definition) is 4. The Labute approximate surface area is 145 Å². The molecule has 2 aromatic rings. The summed E-state index contributed by atoms with van der Waals surface area (Å²) in [5.41, 5.74) is 2.21.